The van der Waals surface area contributed by atoms with E-state index in [4.69, 9.17) is 16.3 Å². The van der Waals surface area contributed by atoms with Gasteiger partial charge in [0.15, 0.2) is 6.29 Å². The highest BCUT2D eigenvalue weighted by molar-refractivity contribution is 6.31. The van der Waals surface area contributed by atoms with E-state index < -0.39 is 5.82 Å². The fraction of sp³-hybridized carbons (Fsp3) is 0.0714. The quantitative estimate of drug-likeness (QED) is 0.784. The lowest BCUT2D eigenvalue weighted by atomic mass is 10.00. The maximum atomic E-state index is 13.8. The third-order valence-electron chi connectivity index (χ3n) is 2.60. The maximum Gasteiger partial charge on any atom is 0.150 e. The van der Waals surface area contributed by atoms with E-state index >= 15 is 0 Å². The Kier molecular flexibility index (Phi) is 3.63. The normalized spacial score (nSPS) is 10.2. The molecule has 0 spiro atoms. The first-order valence-electron chi connectivity index (χ1n) is 5.24. The monoisotopic (exact) mass is 264 g/mol. The lowest BCUT2D eigenvalue weighted by molar-refractivity contribution is 0.112. The summed E-state index contributed by atoms with van der Waals surface area (Å²) in [6.07, 6.45) is 0.653. The largest absolute Gasteiger partial charge is 0.497 e. The van der Waals surface area contributed by atoms with Crippen LogP contribution in [0.4, 0.5) is 4.39 Å². The number of benzene rings is 2. The van der Waals surface area contributed by atoms with E-state index in [0.29, 0.717) is 33.7 Å². The molecule has 2 nitrogen and oxygen atoms in total. The van der Waals surface area contributed by atoms with Gasteiger partial charge in [-0.25, -0.2) is 4.39 Å². The van der Waals surface area contributed by atoms with Crippen molar-refractivity contribution in [3.63, 3.8) is 0 Å². The molecular weight excluding hydrogens is 255 g/mol. The van der Waals surface area contributed by atoms with Crippen LogP contribution in [0.25, 0.3) is 11.1 Å². The van der Waals surface area contributed by atoms with Crippen molar-refractivity contribution in [2.45, 2.75) is 0 Å². The van der Waals surface area contributed by atoms with E-state index in [2.05, 4.69) is 0 Å². The van der Waals surface area contributed by atoms with Crippen molar-refractivity contribution in [3.8, 4) is 16.9 Å². The lowest BCUT2D eigenvalue weighted by Crippen LogP contribution is -1.92. The summed E-state index contributed by atoms with van der Waals surface area (Å²) in [7, 11) is 1.50. The van der Waals surface area contributed by atoms with Gasteiger partial charge < -0.3 is 4.74 Å². The minimum absolute atomic E-state index is 0.313. The van der Waals surface area contributed by atoms with Crippen molar-refractivity contribution in [3.05, 3.63) is 52.8 Å². The minimum atomic E-state index is -0.416. The predicted octanol–water partition coefficient (Wildman–Crippen LogP) is 3.97. The van der Waals surface area contributed by atoms with Crippen molar-refractivity contribution in [2.75, 3.05) is 7.11 Å². The number of ether oxygens (including phenoxy) is 1. The molecule has 0 fully saturated rings. The molecule has 0 saturated carbocycles. The number of hydrogen-bond acceptors (Lipinski definition) is 2. The fourth-order valence-corrected chi connectivity index (χ4v) is 1.89. The molecule has 0 amide bonds. The molecule has 0 aliphatic heterocycles. The van der Waals surface area contributed by atoms with E-state index in [1.807, 2.05) is 0 Å². The van der Waals surface area contributed by atoms with E-state index in [-0.39, 0.29) is 0 Å². The van der Waals surface area contributed by atoms with Gasteiger partial charge in [-0.15, -0.1) is 0 Å². The highest BCUT2D eigenvalue weighted by atomic mass is 35.5. The Bertz CT molecular complexity index is 596. The van der Waals surface area contributed by atoms with Gasteiger partial charge in [-0.1, -0.05) is 17.7 Å². The van der Waals surface area contributed by atoms with Crippen LogP contribution in [0.1, 0.15) is 10.4 Å². The summed E-state index contributed by atoms with van der Waals surface area (Å²) in [5.74, 6) is 0.111. The summed E-state index contributed by atoms with van der Waals surface area (Å²) in [4.78, 5) is 11.0. The van der Waals surface area contributed by atoms with E-state index in [9.17, 15) is 9.18 Å². The topological polar surface area (TPSA) is 26.3 Å². The predicted molar refractivity (Wildman–Crippen MR) is 68.8 cm³/mol. The Balaban J connectivity index is 2.64. The molecule has 0 radical (unpaired) electrons. The third-order valence-corrected chi connectivity index (χ3v) is 2.84. The molecule has 0 saturated heterocycles. The molecule has 0 aromatic heterocycles. The second kappa shape index (κ2) is 5.19. The Morgan fingerprint density at radius 2 is 1.94 bits per heavy atom. The number of halogens is 2. The summed E-state index contributed by atoms with van der Waals surface area (Å²) in [6.45, 7) is 0. The molecule has 0 bridgehead atoms. The lowest BCUT2D eigenvalue weighted by Gasteiger charge is -2.09. The molecule has 2 aromatic rings. The molecule has 0 heterocycles. The standard InChI is InChI=1S/C14H10ClFO2/c1-18-11-3-5-14(16)13(7-11)12-4-2-10(15)6-9(12)8-17/h2-8H,1H3. The van der Waals surface area contributed by atoms with Crippen molar-refractivity contribution in [1.82, 2.24) is 0 Å². The molecular formula is C14H10ClFO2. The molecule has 0 atom stereocenters. The van der Waals surface area contributed by atoms with Gasteiger partial charge in [-0.2, -0.15) is 0 Å². The van der Waals surface area contributed by atoms with E-state index in [1.165, 1.54) is 25.3 Å². The van der Waals surface area contributed by atoms with Crippen LogP contribution >= 0.6 is 11.6 Å². The summed E-state index contributed by atoms with van der Waals surface area (Å²) in [6, 6.07) is 9.10. The maximum absolute atomic E-state index is 13.8. The Labute approximate surface area is 109 Å². The number of aldehydes is 1. The second-order valence-electron chi connectivity index (χ2n) is 3.70. The second-order valence-corrected chi connectivity index (χ2v) is 4.13. The first-order valence-corrected chi connectivity index (χ1v) is 5.62. The highest BCUT2D eigenvalue weighted by Crippen LogP contribution is 2.30. The molecule has 0 aliphatic rings. The number of carbonyl (C=O) groups excluding carboxylic acids is 1. The molecule has 0 N–H and O–H groups in total. The Morgan fingerprint density at radius 3 is 2.61 bits per heavy atom. The van der Waals surface area contributed by atoms with Crippen molar-refractivity contribution >= 4 is 17.9 Å². The molecule has 4 heteroatoms. The summed E-state index contributed by atoms with van der Waals surface area (Å²) < 4.78 is 18.9. The number of rotatable bonds is 3. The van der Waals surface area contributed by atoms with Gasteiger partial charge in [0.05, 0.1) is 7.11 Å². The van der Waals surface area contributed by atoms with Crippen LogP contribution in [0.3, 0.4) is 0 Å². The molecule has 92 valence electrons. The van der Waals surface area contributed by atoms with Gasteiger partial charge >= 0.3 is 0 Å². The van der Waals surface area contributed by atoms with Gasteiger partial charge in [0.25, 0.3) is 0 Å². The smallest absolute Gasteiger partial charge is 0.150 e. The molecule has 0 aliphatic carbocycles. The molecule has 18 heavy (non-hydrogen) atoms. The summed E-state index contributed by atoms with van der Waals surface area (Å²) in [5.41, 5.74) is 1.15. The summed E-state index contributed by atoms with van der Waals surface area (Å²) in [5, 5.41) is 0.434. The van der Waals surface area contributed by atoms with Crippen LogP contribution in [-0.2, 0) is 0 Å². The van der Waals surface area contributed by atoms with E-state index in [1.54, 1.807) is 18.2 Å². The first-order chi connectivity index (χ1) is 8.65. The summed E-state index contributed by atoms with van der Waals surface area (Å²) >= 11 is 5.80. The van der Waals surface area contributed by atoms with Gasteiger partial charge in [-0.3, -0.25) is 4.79 Å². The van der Waals surface area contributed by atoms with Gasteiger partial charge in [0.1, 0.15) is 11.6 Å². The van der Waals surface area contributed by atoms with Crippen LogP contribution < -0.4 is 4.74 Å². The van der Waals surface area contributed by atoms with Crippen LogP contribution in [0.15, 0.2) is 36.4 Å². The number of methoxy groups -OCH3 is 1. The van der Waals surface area contributed by atoms with Crippen LogP contribution in [0.5, 0.6) is 5.75 Å². The fourth-order valence-electron chi connectivity index (χ4n) is 1.71. The highest BCUT2D eigenvalue weighted by Gasteiger charge is 2.11. The van der Waals surface area contributed by atoms with Crippen LogP contribution in [-0.4, -0.2) is 13.4 Å². The van der Waals surface area contributed by atoms with Crippen molar-refractivity contribution in [2.24, 2.45) is 0 Å². The molecule has 0 unspecified atom stereocenters. The zero-order valence-corrected chi connectivity index (χ0v) is 10.4. The zero-order chi connectivity index (χ0) is 13.1. The number of carbonyl (C=O) groups is 1. The first kappa shape index (κ1) is 12.6. The molecule has 2 rings (SSSR count). The molecule has 2 aromatic carbocycles. The third kappa shape index (κ3) is 2.36. The SMILES string of the molecule is COc1ccc(F)c(-c2ccc(Cl)cc2C=O)c1. The van der Waals surface area contributed by atoms with Gasteiger partial charge in [0, 0.05) is 16.1 Å². The van der Waals surface area contributed by atoms with Crippen molar-refractivity contribution < 1.29 is 13.9 Å². The average Bonchev–Trinajstić information content (AvgIpc) is 2.39. The van der Waals surface area contributed by atoms with Crippen LogP contribution in [0, 0.1) is 5.82 Å². The van der Waals surface area contributed by atoms with Crippen molar-refractivity contribution in [1.29, 1.82) is 0 Å². The van der Waals surface area contributed by atoms with E-state index in [0.717, 1.165) is 0 Å². The minimum Gasteiger partial charge on any atom is -0.497 e. The zero-order valence-electron chi connectivity index (χ0n) is 9.61. The Hall–Kier alpha value is -1.87. The average molecular weight is 265 g/mol. The van der Waals surface area contributed by atoms with Gasteiger partial charge in [-0.05, 0) is 35.9 Å². The number of hydrogen-bond donors (Lipinski definition) is 0. The van der Waals surface area contributed by atoms with Crippen LogP contribution in [0.2, 0.25) is 5.02 Å². The van der Waals surface area contributed by atoms with Gasteiger partial charge in [0.2, 0.25) is 0 Å². The Morgan fingerprint density at radius 1 is 1.17 bits per heavy atom.